The average Bonchev–Trinajstić information content (AvgIpc) is 3.07. The van der Waals surface area contributed by atoms with Gasteiger partial charge in [-0.2, -0.15) is 0 Å². The second-order valence-electron chi connectivity index (χ2n) is 7.16. The van der Waals surface area contributed by atoms with E-state index in [0.29, 0.717) is 0 Å². The van der Waals surface area contributed by atoms with Gasteiger partial charge in [0, 0.05) is 0 Å². The van der Waals surface area contributed by atoms with Crippen LogP contribution in [0.15, 0.2) is 84.9 Å². The van der Waals surface area contributed by atoms with E-state index in [1.807, 2.05) is 0 Å². The van der Waals surface area contributed by atoms with Crippen LogP contribution in [0.2, 0.25) is 0 Å². The van der Waals surface area contributed by atoms with Crippen LogP contribution in [0.3, 0.4) is 0 Å². The number of benzene rings is 4. The third kappa shape index (κ3) is 3.56. The van der Waals surface area contributed by atoms with E-state index >= 15 is 0 Å². The molecule has 29 heavy (non-hydrogen) atoms. The first kappa shape index (κ1) is 22.1. The maximum atomic E-state index is 5.82. The summed E-state index contributed by atoms with van der Waals surface area (Å²) in [7, 11) is 0. The normalized spacial score (nSPS) is 13.2. The molecular formula is C25H19Cl2OTi. The number of halogens is 2. The molecule has 4 aromatic rings. The van der Waals surface area contributed by atoms with Crippen LogP contribution in [0.25, 0.3) is 21.9 Å². The number of hydrogen-bond acceptors (Lipinski definition) is 1. The minimum Gasteiger partial charge on any atom is -1.00 e. The summed E-state index contributed by atoms with van der Waals surface area (Å²) in [5.74, 6) is 0.245. The van der Waals surface area contributed by atoms with Crippen LogP contribution in [0, 0.1) is 0 Å². The van der Waals surface area contributed by atoms with E-state index in [1.165, 1.54) is 44.2 Å². The van der Waals surface area contributed by atoms with Gasteiger partial charge in [0.2, 0.25) is 0 Å². The number of hydrogen-bond donors (Lipinski definition) is 0. The first-order valence-corrected chi connectivity index (χ1v) is 9.95. The molecule has 1 aliphatic rings. The smallest absolute Gasteiger partial charge is 1.00 e. The summed E-state index contributed by atoms with van der Waals surface area (Å²) < 4.78 is 5.82. The Morgan fingerprint density at radius 3 is 1.86 bits per heavy atom. The Morgan fingerprint density at radius 2 is 1.24 bits per heavy atom. The monoisotopic (exact) mass is 453 g/mol. The fourth-order valence-corrected chi connectivity index (χ4v) is 4.75. The van der Waals surface area contributed by atoms with Gasteiger partial charge in [0.1, 0.15) is 0 Å². The van der Waals surface area contributed by atoms with Crippen molar-refractivity contribution in [1.82, 2.24) is 0 Å². The topological polar surface area (TPSA) is 9.23 Å². The van der Waals surface area contributed by atoms with Crippen LogP contribution >= 0.6 is 0 Å². The van der Waals surface area contributed by atoms with Crippen molar-refractivity contribution >= 4 is 10.8 Å². The van der Waals surface area contributed by atoms with Crippen LogP contribution in [0.1, 0.15) is 41.2 Å². The van der Waals surface area contributed by atoms with Gasteiger partial charge in [0.15, 0.2) is 0 Å². The zero-order chi connectivity index (χ0) is 18.4. The molecule has 0 saturated carbocycles. The SMILES string of the molecule is CC([O][Ti+2])c1c(C2c3ccccc3-c3ccccc32)ccc2ccccc12.[Cl-].[Cl-]. The molecule has 0 spiro atoms. The molecule has 0 amide bonds. The van der Waals surface area contributed by atoms with Gasteiger partial charge in [-0.1, -0.05) is 0 Å². The fraction of sp³-hybridized carbons (Fsp3) is 0.120. The average molecular weight is 454 g/mol. The molecule has 4 aromatic carbocycles. The Balaban J connectivity index is 0.00000120. The Bertz CT molecular complexity index is 1110. The van der Waals surface area contributed by atoms with E-state index < -0.39 is 0 Å². The molecule has 5 rings (SSSR count). The summed E-state index contributed by atoms with van der Waals surface area (Å²) >= 11 is 1.80. The molecule has 0 radical (unpaired) electrons. The van der Waals surface area contributed by atoms with Gasteiger partial charge in [0.05, 0.1) is 0 Å². The van der Waals surface area contributed by atoms with Crippen molar-refractivity contribution in [3.05, 3.63) is 107 Å². The van der Waals surface area contributed by atoms with E-state index in [0.717, 1.165) is 0 Å². The van der Waals surface area contributed by atoms with E-state index in [9.17, 15) is 0 Å². The predicted octanol–water partition coefficient (Wildman–Crippen LogP) is 0.548. The Kier molecular flexibility index (Phi) is 6.88. The molecule has 4 heteroatoms. The van der Waals surface area contributed by atoms with E-state index in [2.05, 4.69) is 91.9 Å². The molecule has 0 aromatic heterocycles. The maximum Gasteiger partial charge on any atom is -1.00 e. The van der Waals surface area contributed by atoms with Crippen LogP contribution < -0.4 is 24.8 Å². The van der Waals surface area contributed by atoms with Crippen LogP contribution in [0.5, 0.6) is 0 Å². The fourth-order valence-electron chi connectivity index (χ4n) is 4.57. The Morgan fingerprint density at radius 1 is 0.690 bits per heavy atom. The number of rotatable bonds is 3. The zero-order valence-electron chi connectivity index (χ0n) is 15.9. The van der Waals surface area contributed by atoms with Crippen molar-refractivity contribution in [2.45, 2.75) is 18.9 Å². The summed E-state index contributed by atoms with van der Waals surface area (Å²) in [5, 5.41) is 2.55. The van der Waals surface area contributed by atoms with Crippen molar-refractivity contribution in [3.63, 3.8) is 0 Å². The summed E-state index contributed by atoms with van der Waals surface area (Å²) in [6, 6.07) is 30.8. The standard InChI is InChI=1S/C25H19O.2ClH.Ti/c1-16(26)24-18-9-3-2-8-17(18)14-15-23(24)25-21-12-6-4-10-19(21)20-11-5-7-13-22(20)25;;;/h2-16,25H,1H3;2*1H;/q-1;;;+3/p-2. The summed E-state index contributed by atoms with van der Waals surface area (Å²) in [6.07, 6.45) is 0.0334. The van der Waals surface area contributed by atoms with E-state index in [4.69, 9.17) is 3.32 Å². The first-order valence-electron chi connectivity index (χ1n) is 9.31. The Hall–Kier alpha value is -1.61. The van der Waals surface area contributed by atoms with Gasteiger partial charge in [-0.3, -0.25) is 0 Å². The third-order valence-corrected chi connectivity index (χ3v) is 6.28. The molecule has 1 atom stereocenters. The zero-order valence-corrected chi connectivity index (χ0v) is 19.0. The van der Waals surface area contributed by atoms with Crippen molar-refractivity contribution in [2.75, 3.05) is 0 Å². The summed E-state index contributed by atoms with van der Waals surface area (Å²) in [5.41, 5.74) is 8.12. The molecule has 1 nitrogen and oxygen atoms in total. The molecule has 0 saturated heterocycles. The molecule has 0 N–H and O–H groups in total. The quantitative estimate of drug-likeness (QED) is 0.362. The van der Waals surface area contributed by atoms with E-state index in [1.54, 1.807) is 20.8 Å². The minimum absolute atomic E-state index is 0. The molecule has 0 bridgehead atoms. The maximum absolute atomic E-state index is 5.82. The molecular weight excluding hydrogens is 435 g/mol. The van der Waals surface area contributed by atoms with Gasteiger partial charge in [-0.15, -0.1) is 0 Å². The number of fused-ring (bicyclic) bond motifs is 4. The van der Waals surface area contributed by atoms with Crippen LogP contribution in [-0.2, 0) is 24.1 Å². The second kappa shape index (κ2) is 9.04. The van der Waals surface area contributed by atoms with Gasteiger partial charge in [-0.05, 0) is 0 Å². The van der Waals surface area contributed by atoms with Crippen molar-refractivity contribution in [2.24, 2.45) is 0 Å². The molecule has 1 aliphatic carbocycles. The van der Waals surface area contributed by atoms with Gasteiger partial charge < -0.3 is 24.8 Å². The predicted molar refractivity (Wildman–Crippen MR) is 106 cm³/mol. The second-order valence-corrected chi connectivity index (χ2v) is 7.53. The largest absolute Gasteiger partial charge is 1.00 e. The van der Waals surface area contributed by atoms with Gasteiger partial charge in [0.25, 0.3) is 0 Å². The molecule has 143 valence electrons. The van der Waals surface area contributed by atoms with Crippen molar-refractivity contribution in [3.8, 4) is 11.1 Å². The van der Waals surface area contributed by atoms with Crippen LogP contribution in [0.4, 0.5) is 0 Å². The van der Waals surface area contributed by atoms with Gasteiger partial charge in [-0.25, -0.2) is 0 Å². The van der Waals surface area contributed by atoms with Gasteiger partial charge >= 0.3 is 172 Å². The molecule has 0 heterocycles. The van der Waals surface area contributed by atoms with Crippen molar-refractivity contribution in [1.29, 1.82) is 0 Å². The minimum atomic E-state index is 0. The van der Waals surface area contributed by atoms with Crippen molar-refractivity contribution < 1.29 is 49.0 Å². The van der Waals surface area contributed by atoms with Crippen LogP contribution in [-0.4, -0.2) is 0 Å². The summed E-state index contributed by atoms with van der Waals surface area (Å²) in [4.78, 5) is 0. The molecule has 1 unspecified atom stereocenters. The third-order valence-electron chi connectivity index (χ3n) is 5.73. The first-order chi connectivity index (χ1) is 13.3. The molecule has 0 fully saturated rings. The molecule has 0 aliphatic heterocycles. The van der Waals surface area contributed by atoms with E-state index in [-0.39, 0.29) is 36.8 Å². The Labute approximate surface area is 196 Å². The summed E-state index contributed by atoms with van der Waals surface area (Å²) in [6.45, 7) is 2.15.